The minimum Gasteiger partial charge on any atom is -0.494 e. The topological polar surface area (TPSA) is 128 Å². The number of carbonyl (C=O) groups is 2. The third-order valence-corrected chi connectivity index (χ3v) is 6.00. The van der Waals surface area contributed by atoms with Gasteiger partial charge in [0.25, 0.3) is 0 Å². The maximum atomic E-state index is 13.4. The van der Waals surface area contributed by atoms with E-state index in [1.807, 2.05) is 61.5 Å². The normalized spacial score (nSPS) is 13.5. The Balaban J connectivity index is 1.85. The van der Waals surface area contributed by atoms with E-state index in [0.29, 0.717) is 24.5 Å². The van der Waals surface area contributed by atoms with E-state index in [1.165, 1.54) is 0 Å². The summed E-state index contributed by atoms with van der Waals surface area (Å²) in [6, 6.07) is 23.7. The van der Waals surface area contributed by atoms with Gasteiger partial charge in [0.15, 0.2) is 0 Å². The molecule has 0 spiro atoms. The van der Waals surface area contributed by atoms with Crippen LogP contribution >= 0.6 is 0 Å². The van der Waals surface area contributed by atoms with Crippen LogP contribution < -0.4 is 21.5 Å². The fourth-order valence-electron chi connectivity index (χ4n) is 4.05. The summed E-state index contributed by atoms with van der Waals surface area (Å²) >= 11 is 0. The predicted octanol–water partition coefficient (Wildman–Crippen LogP) is 2.85. The SMILES string of the molecule is CCOc1ccc(CC(C(N)=O)[C@H](C(=O)NCc2ccc(CN)cc2)[C@H](O)c2ccccc2)cc1. The molecule has 3 atom stereocenters. The van der Waals surface area contributed by atoms with E-state index < -0.39 is 29.8 Å². The van der Waals surface area contributed by atoms with Gasteiger partial charge in [-0.3, -0.25) is 9.59 Å². The van der Waals surface area contributed by atoms with Crippen LogP contribution in [0.4, 0.5) is 0 Å². The quantitative estimate of drug-likeness (QED) is 0.320. The minimum atomic E-state index is -1.21. The van der Waals surface area contributed by atoms with Crippen molar-refractivity contribution in [1.29, 1.82) is 0 Å². The largest absolute Gasteiger partial charge is 0.494 e. The van der Waals surface area contributed by atoms with Crippen molar-refractivity contribution in [3.63, 3.8) is 0 Å². The molecule has 0 radical (unpaired) electrons. The molecule has 7 heteroatoms. The number of hydrogen-bond donors (Lipinski definition) is 4. The maximum Gasteiger partial charge on any atom is 0.227 e. The van der Waals surface area contributed by atoms with Crippen LogP contribution in [0.5, 0.6) is 5.75 Å². The van der Waals surface area contributed by atoms with Crippen molar-refractivity contribution >= 4 is 11.8 Å². The van der Waals surface area contributed by atoms with E-state index >= 15 is 0 Å². The predicted molar refractivity (Wildman–Crippen MR) is 135 cm³/mol. The molecule has 0 saturated carbocycles. The van der Waals surface area contributed by atoms with Crippen molar-refractivity contribution < 1.29 is 19.4 Å². The first kappa shape index (κ1) is 25.9. The van der Waals surface area contributed by atoms with E-state index in [2.05, 4.69) is 5.32 Å². The average molecular weight is 476 g/mol. The second-order valence-corrected chi connectivity index (χ2v) is 8.41. The molecule has 0 aromatic heterocycles. The number of amides is 2. The minimum absolute atomic E-state index is 0.203. The molecule has 3 aromatic rings. The number of rotatable bonds is 12. The first-order valence-corrected chi connectivity index (χ1v) is 11.7. The molecule has 6 N–H and O–H groups in total. The molecule has 7 nitrogen and oxygen atoms in total. The summed E-state index contributed by atoms with van der Waals surface area (Å²) in [5, 5.41) is 14.1. The zero-order valence-electron chi connectivity index (χ0n) is 19.9. The highest BCUT2D eigenvalue weighted by Gasteiger charge is 2.38. The van der Waals surface area contributed by atoms with Crippen LogP contribution in [0.25, 0.3) is 0 Å². The van der Waals surface area contributed by atoms with Crippen molar-refractivity contribution in [2.45, 2.75) is 32.5 Å². The fraction of sp³-hybridized carbons (Fsp3) is 0.286. The summed E-state index contributed by atoms with van der Waals surface area (Å²) in [5.41, 5.74) is 14.7. The first-order valence-electron chi connectivity index (χ1n) is 11.7. The van der Waals surface area contributed by atoms with Crippen LogP contribution in [0, 0.1) is 11.8 Å². The van der Waals surface area contributed by atoms with Gasteiger partial charge in [0.2, 0.25) is 11.8 Å². The monoisotopic (exact) mass is 475 g/mol. The third-order valence-electron chi connectivity index (χ3n) is 6.00. The van der Waals surface area contributed by atoms with Crippen LogP contribution in [-0.4, -0.2) is 23.5 Å². The van der Waals surface area contributed by atoms with Crippen LogP contribution in [0.1, 0.15) is 35.3 Å². The van der Waals surface area contributed by atoms with Crippen molar-refractivity contribution in [2.24, 2.45) is 23.3 Å². The molecule has 0 heterocycles. The Morgan fingerprint density at radius 3 is 2.09 bits per heavy atom. The molecule has 35 heavy (non-hydrogen) atoms. The summed E-state index contributed by atoms with van der Waals surface area (Å²) in [7, 11) is 0. The average Bonchev–Trinajstić information content (AvgIpc) is 2.88. The number of carbonyl (C=O) groups excluding carboxylic acids is 2. The zero-order valence-corrected chi connectivity index (χ0v) is 19.9. The fourth-order valence-corrected chi connectivity index (χ4v) is 4.05. The lowest BCUT2D eigenvalue weighted by molar-refractivity contribution is -0.138. The second kappa shape index (κ2) is 12.7. The van der Waals surface area contributed by atoms with E-state index in [1.54, 1.807) is 24.3 Å². The lowest BCUT2D eigenvalue weighted by atomic mass is 9.79. The van der Waals surface area contributed by atoms with Crippen molar-refractivity contribution in [1.82, 2.24) is 5.32 Å². The Morgan fingerprint density at radius 2 is 1.51 bits per heavy atom. The molecular weight excluding hydrogens is 442 g/mol. The van der Waals surface area contributed by atoms with Gasteiger partial charge in [-0.2, -0.15) is 0 Å². The number of primary amides is 1. The summed E-state index contributed by atoms with van der Waals surface area (Å²) in [4.78, 5) is 26.0. The summed E-state index contributed by atoms with van der Waals surface area (Å²) < 4.78 is 5.48. The molecule has 1 unspecified atom stereocenters. The Labute approximate surface area is 206 Å². The second-order valence-electron chi connectivity index (χ2n) is 8.41. The molecule has 0 bridgehead atoms. The van der Waals surface area contributed by atoms with E-state index in [9.17, 15) is 14.7 Å². The van der Waals surface area contributed by atoms with Crippen molar-refractivity contribution in [3.05, 3.63) is 101 Å². The maximum absolute atomic E-state index is 13.4. The Morgan fingerprint density at radius 1 is 0.914 bits per heavy atom. The smallest absolute Gasteiger partial charge is 0.227 e. The third kappa shape index (κ3) is 7.15. The van der Waals surface area contributed by atoms with Crippen LogP contribution in [-0.2, 0) is 29.1 Å². The van der Waals surface area contributed by atoms with E-state index in [4.69, 9.17) is 16.2 Å². The highest BCUT2D eigenvalue weighted by Crippen LogP contribution is 2.31. The van der Waals surface area contributed by atoms with Crippen LogP contribution in [0.3, 0.4) is 0 Å². The highest BCUT2D eigenvalue weighted by atomic mass is 16.5. The number of nitrogens with one attached hydrogen (secondary N) is 1. The molecular formula is C28H33N3O4. The summed E-state index contributed by atoms with van der Waals surface area (Å²) in [6.45, 7) is 3.13. The molecule has 3 rings (SSSR count). The number of ether oxygens (including phenoxy) is 1. The Kier molecular flexibility index (Phi) is 9.40. The lowest BCUT2D eigenvalue weighted by Crippen LogP contribution is -2.44. The standard InChI is InChI=1S/C28H33N3O4/c1-2-35-23-14-12-19(13-15-23)16-24(27(30)33)25(26(32)22-6-4-3-5-7-22)28(34)31-18-21-10-8-20(17-29)9-11-21/h3-15,24-26,32H,2,16-18,29H2,1H3,(H2,30,33)(H,31,34)/t24?,25-,26+/m0/s1. The number of aliphatic hydroxyl groups is 1. The van der Waals surface area contributed by atoms with Crippen LogP contribution in [0.2, 0.25) is 0 Å². The van der Waals surface area contributed by atoms with Gasteiger partial charge in [-0.25, -0.2) is 0 Å². The van der Waals surface area contributed by atoms with E-state index in [-0.39, 0.29) is 13.0 Å². The van der Waals surface area contributed by atoms with Gasteiger partial charge in [0.05, 0.1) is 24.5 Å². The van der Waals surface area contributed by atoms with Gasteiger partial charge in [0.1, 0.15) is 5.75 Å². The van der Waals surface area contributed by atoms with E-state index in [0.717, 1.165) is 16.7 Å². The highest BCUT2D eigenvalue weighted by molar-refractivity contribution is 5.87. The van der Waals surface area contributed by atoms with Gasteiger partial charge >= 0.3 is 0 Å². The van der Waals surface area contributed by atoms with Gasteiger partial charge in [-0.05, 0) is 47.7 Å². The molecule has 0 saturated heterocycles. The number of hydrogen-bond acceptors (Lipinski definition) is 5. The molecule has 0 aliphatic carbocycles. The Bertz CT molecular complexity index is 1090. The molecule has 2 amide bonds. The number of nitrogens with two attached hydrogens (primary N) is 2. The van der Waals surface area contributed by atoms with Gasteiger partial charge < -0.3 is 26.6 Å². The zero-order chi connectivity index (χ0) is 25.2. The molecule has 0 aliphatic rings. The Hall–Kier alpha value is -3.68. The van der Waals surface area contributed by atoms with Gasteiger partial charge in [-0.1, -0.05) is 66.7 Å². The van der Waals surface area contributed by atoms with Gasteiger partial charge in [-0.15, -0.1) is 0 Å². The van der Waals surface area contributed by atoms with Crippen LogP contribution in [0.15, 0.2) is 78.9 Å². The summed E-state index contributed by atoms with van der Waals surface area (Å²) in [6.07, 6.45) is -1.01. The van der Waals surface area contributed by atoms with Gasteiger partial charge in [0, 0.05) is 13.1 Å². The molecule has 0 aliphatic heterocycles. The molecule has 3 aromatic carbocycles. The van der Waals surface area contributed by atoms with Crippen molar-refractivity contribution in [2.75, 3.05) is 6.61 Å². The lowest BCUT2D eigenvalue weighted by Gasteiger charge is -2.29. The number of aliphatic hydroxyl groups excluding tert-OH is 1. The van der Waals surface area contributed by atoms with Crippen molar-refractivity contribution in [3.8, 4) is 5.75 Å². The molecule has 184 valence electrons. The molecule has 0 fully saturated rings. The summed E-state index contributed by atoms with van der Waals surface area (Å²) in [5.74, 6) is -2.39. The number of benzene rings is 3. The first-order chi connectivity index (χ1) is 16.9.